The molecule has 11 nitrogen and oxygen atoms in total. The van der Waals surface area contributed by atoms with E-state index in [4.69, 9.17) is 18.5 Å². The zero-order chi connectivity index (χ0) is 44.9. The molecule has 12 heteroatoms. The van der Waals surface area contributed by atoms with E-state index in [0.29, 0.717) is 23.9 Å². The number of ether oxygens (including phenoxy) is 2. The minimum absolute atomic E-state index is 0.0110. The Morgan fingerprint density at radius 3 is 1.50 bits per heavy atom. The summed E-state index contributed by atoms with van der Waals surface area (Å²) in [5.74, 6) is -2.47. The minimum atomic E-state index is -4.46. The fraction of sp³-hybridized carbons (Fsp3) is 0.833. The first kappa shape index (κ1) is 57.8. The maximum Gasteiger partial charge on any atom is 0.472 e. The molecule has 0 saturated carbocycles. The number of Topliss-reactive ketones (excluding diaryl/α,β-unsaturated/α-hetero) is 2. The summed E-state index contributed by atoms with van der Waals surface area (Å²) in [5, 5.41) is 0. The number of rotatable bonds is 42. The molecule has 0 aromatic rings. The molecule has 0 bridgehead atoms. The largest absolute Gasteiger partial charge is 0.472 e. The first-order valence-corrected chi connectivity index (χ1v) is 25.2. The van der Waals surface area contributed by atoms with E-state index in [0.717, 1.165) is 64.2 Å². The lowest BCUT2D eigenvalue weighted by Gasteiger charge is -2.24. The molecule has 0 aliphatic heterocycles. The molecule has 0 heterocycles. The van der Waals surface area contributed by atoms with Gasteiger partial charge in [0, 0.05) is 25.2 Å². The standard InChI is InChI=1S/C48H88NO10P/c1-8-10-12-14-16-18-20-22-24-26-28-30-32-34-44(42(3)50)38-47(52)45(35-33-31-29-27-25-23-21-19-17-15-13-11-9-2)39-48(53)56-40-46(59-43(4)51)41-58-60(54,55)57-37-36-49(5,6)7/h22-25,44-46H,8-21,26-41H2,1-7H3/p+1/b24-22-,25-23-/t44?,45?,46-/m1/s1. The van der Waals surface area contributed by atoms with Crippen LogP contribution in [0.25, 0.3) is 0 Å². The van der Waals surface area contributed by atoms with Gasteiger partial charge in [-0.1, -0.05) is 128 Å². The number of hydrogen-bond donors (Lipinski definition) is 1. The van der Waals surface area contributed by atoms with Crippen LogP contribution in [0.4, 0.5) is 0 Å². The van der Waals surface area contributed by atoms with Gasteiger partial charge in [0.25, 0.3) is 0 Å². The Morgan fingerprint density at radius 1 is 0.600 bits per heavy atom. The molecule has 0 saturated heterocycles. The van der Waals surface area contributed by atoms with Crippen molar-refractivity contribution in [3.8, 4) is 0 Å². The lowest BCUT2D eigenvalue weighted by molar-refractivity contribution is -0.870. The van der Waals surface area contributed by atoms with E-state index in [-0.39, 0.29) is 36.9 Å². The van der Waals surface area contributed by atoms with Crippen molar-refractivity contribution in [3.63, 3.8) is 0 Å². The minimum Gasteiger partial charge on any atom is -0.462 e. The second-order valence-electron chi connectivity index (χ2n) is 17.7. The number of esters is 2. The van der Waals surface area contributed by atoms with Gasteiger partial charge in [0.15, 0.2) is 6.10 Å². The number of carbonyl (C=O) groups excluding carboxylic acids is 4. The Balaban J connectivity index is 5.23. The van der Waals surface area contributed by atoms with Crippen LogP contribution in [0.15, 0.2) is 24.3 Å². The Kier molecular flexibility index (Phi) is 36.0. The number of unbranched alkanes of at least 4 members (excludes halogenated alkanes) is 18. The number of likely N-dealkylation sites (N-methyl/N-ethyl adjacent to an activating group) is 1. The molecular formula is C48H89NO10P+. The normalized spacial score (nSPS) is 14.6. The number of ketones is 2. The van der Waals surface area contributed by atoms with Gasteiger partial charge in [0.05, 0.1) is 34.2 Å². The fourth-order valence-corrected chi connectivity index (χ4v) is 7.63. The summed E-state index contributed by atoms with van der Waals surface area (Å²) in [7, 11) is 1.27. The molecule has 0 aliphatic carbocycles. The van der Waals surface area contributed by atoms with E-state index in [1.54, 1.807) is 6.92 Å². The molecule has 0 fully saturated rings. The summed E-state index contributed by atoms with van der Waals surface area (Å²) >= 11 is 0. The third-order valence-corrected chi connectivity index (χ3v) is 11.7. The first-order valence-electron chi connectivity index (χ1n) is 23.7. The third kappa shape index (κ3) is 37.6. The van der Waals surface area contributed by atoms with Gasteiger partial charge < -0.3 is 18.9 Å². The summed E-state index contributed by atoms with van der Waals surface area (Å²) in [6, 6.07) is 0. The third-order valence-electron chi connectivity index (χ3n) is 10.7. The van der Waals surface area contributed by atoms with Gasteiger partial charge in [-0.3, -0.25) is 28.2 Å². The number of hydrogen-bond acceptors (Lipinski definition) is 9. The predicted octanol–water partition coefficient (Wildman–Crippen LogP) is 12.0. The maximum atomic E-state index is 13.8. The highest BCUT2D eigenvalue weighted by molar-refractivity contribution is 7.47. The average molecular weight is 871 g/mol. The Labute approximate surface area is 366 Å². The van der Waals surface area contributed by atoms with Crippen molar-refractivity contribution in [2.45, 2.75) is 201 Å². The van der Waals surface area contributed by atoms with Gasteiger partial charge >= 0.3 is 19.8 Å². The molecule has 0 rings (SSSR count). The van der Waals surface area contributed by atoms with Gasteiger partial charge in [-0.2, -0.15) is 0 Å². The molecule has 4 atom stereocenters. The molecule has 1 N–H and O–H groups in total. The Hall–Kier alpha value is -2.17. The highest BCUT2D eigenvalue weighted by Gasteiger charge is 2.29. The van der Waals surface area contributed by atoms with E-state index in [1.807, 2.05) is 21.1 Å². The lowest BCUT2D eigenvalue weighted by Crippen LogP contribution is -2.37. The molecule has 60 heavy (non-hydrogen) atoms. The average Bonchev–Trinajstić information content (AvgIpc) is 3.17. The van der Waals surface area contributed by atoms with Crippen LogP contribution in [0.5, 0.6) is 0 Å². The van der Waals surface area contributed by atoms with E-state index >= 15 is 0 Å². The predicted molar refractivity (Wildman–Crippen MR) is 243 cm³/mol. The number of phosphoric ester groups is 1. The zero-order valence-corrected chi connectivity index (χ0v) is 40.2. The van der Waals surface area contributed by atoms with Crippen LogP contribution in [0, 0.1) is 11.8 Å². The highest BCUT2D eigenvalue weighted by atomic mass is 31.2. The van der Waals surface area contributed by atoms with Crippen molar-refractivity contribution in [3.05, 3.63) is 24.3 Å². The van der Waals surface area contributed by atoms with E-state index in [9.17, 15) is 28.6 Å². The zero-order valence-electron chi connectivity index (χ0n) is 39.3. The molecule has 0 aromatic carbocycles. The van der Waals surface area contributed by atoms with Crippen LogP contribution in [-0.4, -0.2) is 86.5 Å². The van der Waals surface area contributed by atoms with Crippen molar-refractivity contribution >= 4 is 31.3 Å². The molecule has 0 amide bonds. The SMILES string of the molecule is CCCCCCCC/C=C\CCCCCC(CC(=O)C(CCCCC/C=C\CCCCCCCC)CC(=O)OC[C@H](COP(=O)(O)OCC[N+](C)(C)C)OC(C)=O)C(C)=O. The van der Waals surface area contributed by atoms with Gasteiger partial charge in [-0.15, -0.1) is 0 Å². The van der Waals surface area contributed by atoms with Crippen LogP contribution < -0.4 is 0 Å². The Bertz CT molecular complexity index is 1230. The summed E-state index contributed by atoms with van der Waals surface area (Å²) in [4.78, 5) is 61.6. The topological polar surface area (TPSA) is 143 Å². The molecule has 3 unspecified atom stereocenters. The number of allylic oxidation sites excluding steroid dienone is 4. The number of nitrogens with zero attached hydrogens (tertiary/aromatic N) is 1. The fourth-order valence-electron chi connectivity index (χ4n) is 6.89. The maximum absolute atomic E-state index is 13.8. The van der Waals surface area contributed by atoms with Crippen molar-refractivity contribution in [2.24, 2.45) is 11.8 Å². The summed E-state index contributed by atoms with van der Waals surface area (Å²) < 4.78 is 33.7. The van der Waals surface area contributed by atoms with Crippen LogP contribution in [0.3, 0.4) is 0 Å². The van der Waals surface area contributed by atoms with Crippen LogP contribution in [0.2, 0.25) is 0 Å². The van der Waals surface area contributed by atoms with E-state index in [1.165, 1.54) is 84.0 Å². The van der Waals surface area contributed by atoms with Gasteiger partial charge in [0.1, 0.15) is 31.3 Å². The summed E-state index contributed by atoms with van der Waals surface area (Å²) in [5.41, 5.74) is 0. The van der Waals surface area contributed by atoms with Gasteiger partial charge in [-0.05, 0) is 71.1 Å². The van der Waals surface area contributed by atoms with Gasteiger partial charge in [-0.25, -0.2) is 4.57 Å². The van der Waals surface area contributed by atoms with Crippen LogP contribution >= 0.6 is 7.82 Å². The van der Waals surface area contributed by atoms with Crippen molar-refractivity contribution in [1.29, 1.82) is 0 Å². The van der Waals surface area contributed by atoms with E-state index in [2.05, 4.69) is 38.2 Å². The summed E-state index contributed by atoms with van der Waals surface area (Å²) in [6.45, 7) is 6.66. The van der Waals surface area contributed by atoms with Crippen molar-refractivity contribution in [2.75, 3.05) is 47.5 Å². The molecule has 0 aliphatic rings. The van der Waals surface area contributed by atoms with Crippen molar-refractivity contribution < 1.29 is 51.6 Å². The Morgan fingerprint density at radius 2 is 1.05 bits per heavy atom. The molecule has 0 radical (unpaired) electrons. The van der Waals surface area contributed by atoms with E-state index < -0.39 is 45.0 Å². The second-order valence-corrected chi connectivity index (χ2v) is 19.2. The molecule has 350 valence electrons. The summed E-state index contributed by atoms with van der Waals surface area (Å²) in [6.07, 6.45) is 34.3. The van der Waals surface area contributed by atoms with Crippen LogP contribution in [0.1, 0.15) is 195 Å². The molecule has 0 spiro atoms. The lowest BCUT2D eigenvalue weighted by atomic mass is 9.85. The molecule has 0 aromatic heterocycles. The second kappa shape index (κ2) is 37.4. The highest BCUT2D eigenvalue weighted by Crippen LogP contribution is 2.43. The smallest absolute Gasteiger partial charge is 0.462 e. The van der Waals surface area contributed by atoms with Gasteiger partial charge in [0.2, 0.25) is 0 Å². The van der Waals surface area contributed by atoms with Crippen LogP contribution in [-0.2, 0) is 42.3 Å². The van der Waals surface area contributed by atoms with Crippen molar-refractivity contribution in [1.82, 2.24) is 0 Å². The number of quaternary nitrogens is 1. The first-order chi connectivity index (χ1) is 28.6. The quantitative estimate of drug-likeness (QED) is 0.0207. The molecular weight excluding hydrogens is 781 g/mol. The monoisotopic (exact) mass is 871 g/mol. The number of phosphoric acid groups is 1. The number of carbonyl (C=O) groups is 4.